The van der Waals surface area contributed by atoms with E-state index in [-0.39, 0.29) is 0 Å². The molecule has 0 amide bonds. The Morgan fingerprint density at radius 1 is 1.11 bits per heavy atom. The van der Waals surface area contributed by atoms with Crippen LogP contribution in [-0.2, 0) is 0 Å². The van der Waals surface area contributed by atoms with E-state index in [9.17, 15) is 0 Å². The molecule has 1 rings (SSSR count). The zero-order valence-corrected chi connectivity index (χ0v) is 12.5. The van der Waals surface area contributed by atoms with E-state index in [0.717, 1.165) is 24.9 Å². The molecule has 0 radical (unpaired) electrons. The lowest BCUT2D eigenvalue weighted by molar-refractivity contribution is 0.243. The van der Waals surface area contributed by atoms with Crippen molar-refractivity contribution in [3.8, 4) is 0 Å². The Morgan fingerprint density at radius 3 is 2.61 bits per heavy atom. The minimum absolute atomic E-state index is 0.342. The number of rotatable bonds is 8. The molecule has 2 nitrogen and oxygen atoms in total. The average molecular weight is 255 g/mol. The van der Waals surface area contributed by atoms with Crippen LogP contribution >= 0.6 is 0 Å². The minimum atomic E-state index is 0.342. The van der Waals surface area contributed by atoms with Crippen LogP contribution < -0.4 is 5.32 Å². The first-order valence-electron chi connectivity index (χ1n) is 8.14. The van der Waals surface area contributed by atoms with Gasteiger partial charge in [-0.2, -0.15) is 0 Å². The van der Waals surface area contributed by atoms with E-state index in [1.165, 1.54) is 51.4 Å². The van der Waals surface area contributed by atoms with Crippen LogP contribution in [0.15, 0.2) is 0 Å². The lowest BCUT2D eigenvalue weighted by Gasteiger charge is -2.21. The fourth-order valence-electron chi connectivity index (χ4n) is 3.26. The first-order valence-corrected chi connectivity index (χ1v) is 8.14. The van der Waals surface area contributed by atoms with Gasteiger partial charge in [-0.1, -0.05) is 39.5 Å². The summed E-state index contributed by atoms with van der Waals surface area (Å²) in [5.74, 6) is 1.64. The van der Waals surface area contributed by atoms with Crippen LogP contribution in [-0.4, -0.2) is 24.3 Å². The maximum Gasteiger partial charge on any atom is 0.0434 e. The quantitative estimate of drug-likeness (QED) is 0.648. The van der Waals surface area contributed by atoms with Crippen molar-refractivity contribution in [2.45, 2.75) is 77.7 Å². The fraction of sp³-hybridized carbons (Fsp3) is 1.00. The molecule has 1 aliphatic rings. The predicted molar refractivity (Wildman–Crippen MR) is 78.8 cm³/mol. The van der Waals surface area contributed by atoms with Crippen LogP contribution in [0.2, 0.25) is 0 Å². The second-order valence-electron chi connectivity index (χ2n) is 6.05. The number of aliphatic hydroxyl groups is 1. The summed E-state index contributed by atoms with van der Waals surface area (Å²) in [4.78, 5) is 0. The van der Waals surface area contributed by atoms with Crippen molar-refractivity contribution in [2.24, 2.45) is 11.8 Å². The van der Waals surface area contributed by atoms with Gasteiger partial charge in [0.05, 0.1) is 0 Å². The fourth-order valence-corrected chi connectivity index (χ4v) is 3.26. The summed E-state index contributed by atoms with van der Waals surface area (Å²) in [7, 11) is 0. The Labute approximate surface area is 114 Å². The van der Waals surface area contributed by atoms with Gasteiger partial charge in [0.2, 0.25) is 0 Å². The molecule has 18 heavy (non-hydrogen) atoms. The van der Waals surface area contributed by atoms with Gasteiger partial charge >= 0.3 is 0 Å². The third kappa shape index (κ3) is 6.19. The molecule has 0 heterocycles. The molecule has 1 fully saturated rings. The van der Waals surface area contributed by atoms with Crippen LogP contribution in [0.1, 0.15) is 71.6 Å². The monoisotopic (exact) mass is 255 g/mol. The van der Waals surface area contributed by atoms with Crippen molar-refractivity contribution in [1.29, 1.82) is 0 Å². The molecule has 1 saturated carbocycles. The molecule has 0 aromatic heterocycles. The standard InChI is InChI=1S/C16H33NO/c1-3-6-15(11-12-18)13-17-16-8-5-7-14(4-2)9-10-16/h14-18H,3-13H2,1-2H3. The van der Waals surface area contributed by atoms with E-state index in [1.807, 2.05) is 0 Å². The van der Waals surface area contributed by atoms with Crippen molar-refractivity contribution in [2.75, 3.05) is 13.2 Å². The molecule has 0 saturated heterocycles. The molecule has 3 atom stereocenters. The van der Waals surface area contributed by atoms with Gasteiger partial charge in [0.25, 0.3) is 0 Å². The van der Waals surface area contributed by atoms with E-state index in [0.29, 0.717) is 12.5 Å². The Balaban J connectivity index is 2.24. The molecule has 1 aliphatic carbocycles. The Hall–Kier alpha value is -0.0800. The summed E-state index contributed by atoms with van der Waals surface area (Å²) in [5, 5.41) is 12.8. The highest BCUT2D eigenvalue weighted by Gasteiger charge is 2.18. The van der Waals surface area contributed by atoms with Crippen molar-refractivity contribution < 1.29 is 5.11 Å². The van der Waals surface area contributed by atoms with Crippen molar-refractivity contribution >= 4 is 0 Å². The van der Waals surface area contributed by atoms with Gasteiger partial charge < -0.3 is 10.4 Å². The first kappa shape index (κ1) is 16.0. The van der Waals surface area contributed by atoms with Crippen molar-refractivity contribution in [3.05, 3.63) is 0 Å². The molecular weight excluding hydrogens is 222 g/mol. The Bertz CT molecular complexity index is 190. The first-order chi connectivity index (χ1) is 8.80. The lowest BCUT2D eigenvalue weighted by atomic mass is 9.97. The van der Waals surface area contributed by atoms with E-state index in [1.54, 1.807) is 0 Å². The smallest absolute Gasteiger partial charge is 0.0434 e. The zero-order valence-electron chi connectivity index (χ0n) is 12.5. The third-order valence-electron chi connectivity index (χ3n) is 4.60. The predicted octanol–water partition coefficient (Wildman–Crippen LogP) is 3.73. The van der Waals surface area contributed by atoms with E-state index >= 15 is 0 Å². The zero-order chi connectivity index (χ0) is 13.2. The number of nitrogens with one attached hydrogen (secondary N) is 1. The second kappa shape index (κ2) is 9.80. The highest BCUT2D eigenvalue weighted by Crippen LogP contribution is 2.25. The molecule has 2 heteroatoms. The summed E-state index contributed by atoms with van der Waals surface area (Å²) in [5.41, 5.74) is 0. The van der Waals surface area contributed by atoms with Gasteiger partial charge in [-0.25, -0.2) is 0 Å². The van der Waals surface area contributed by atoms with Crippen LogP contribution in [0, 0.1) is 11.8 Å². The minimum Gasteiger partial charge on any atom is -0.396 e. The lowest BCUT2D eigenvalue weighted by Crippen LogP contribution is -2.33. The second-order valence-corrected chi connectivity index (χ2v) is 6.05. The molecule has 0 aromatic carbocycles. The van der Waals surface area contributed by atoms with Crippen molar-refractivity contribution in [1.82, 2.24) is 5.32 Å². The summed E-state index contributed by atoms with van der Waals surface area (Å²) < 4.78 is 0. The summed E-state index contributed by atoms with van der Waals surface area (Å²) in [6.45, 7) is 6.02. The van der Waals surface area contributed by atoms with Gasteiger partial charge in [-0.15, -0.1) is 0 Å². The van der Waals surface area contributed by atoms with Crippen LogP contribution in [0.25, 0.3) is 0 Å². The molecule has 0 aliphatic heterocycles. The maximum absolute atomic E-state index is 9.08. The van der Waals surface area contributed by atoms with Crippen LogP contribution in [0.3, 0.4) is 0 Å². The van der Waals surface area contributed by atoms with E-state index in [2.05, 4.69) is 19.2 Å². The highest BCUT2D eigenvalue weighted by molar-refractivity contribution is 4.75. The molecule has 3 unspecified atom stereocenters. The molecule has 0 aromatic rings. The van der Waals surface area contributed by atoms with Gasteiger partial charge in [-0.3, -0.25) is 0 Å². The van der Waals surface area contributed by atoms with E-state index < -0.39 is 0 Å². The van der Waals surface area contributed by atoms with Crippen molar-refractivity contribution in [3.63, 3.8) is 0 Å². The molecule has 108 valence electrons. The van der Waals surface area contributed by atoms with Gasteiger partial charge in [-0.05, 0) is 50.5 Å². The molecular formula is C16H33NO. The summed E-state index contributed by atoms with van der Waals surface area (Å²) in [6.07, 6.45) is 11.8. The average Bonchev–Trinajstić information content (AvgIpc) is 2.61. The highest BCUT2D eigenvalue weighted by atomic mass is 16.3. The normalized spacial score (nSPS) is 26.8. The van der Waals surface area contributed by atoms with Gasteiger partial charge in [0, 0.05) is 12.6 Å². The maximum atomic E-state index is 9.08. The van der Waals surface area contributed by atoms with Crippen LogP contribution in [0.4, 0.5) is 0 Å². The topological polar surface area (TPSA) is 32.3 Å². The van der Waals surface area contributed by atoms with Gasteiger partial charge in [0.1, 0.15) is 0 Å². The number of hydrogen-bond donors (Lipinski definition) is 2. The third-order valence-corrected chi connectivity index (χ3v) is 4.60. The molecule has 0 spiro atoms. The Kier molecular flexibility index (Phi) is 8.70. The van der Waals surface area contributed by atoms with Crippen LogP contribution in [0.5, 0.6) is 0 Å². The summed E-state index contributed by atoms with van der Waals surface area (Å²) in [6, 6.07) is 0.736. The number of aliphatic hydroxyl groups excluding tert-OH is 1. The molecule has 2 N–H and O–H groups in total. The Morgan fingerprint density at radius 2 is 1.94 bits per heavy atom. The molecule has 0 bridgehead atoms. The van der Waals surface area contributed by atoms with Gasteiger partial charge in [0.15, 0.2) is 0 Å². The number of hydrogen-bond acceptors (Lipinski definition) is 2. The SMILES string of the molecule is CCCC(CCO)CNC1CCCC(CC)CC1. The summed E-state index contributed by atoms with van der Waals surface area (Å²) >= 11 is 0. The largest absolute Gasteiger partial charge is 0.396 e. The van der Waals surface area contributed by atoms with E-state index in [4.69, 9.17) is 5.11 Å².